The minimum absolute atomic E-state index is 0.0898. The van der Waals surface area contributed by atoms with Gasteiger partial charge in [-0.05, 0) is 7.05 Å². The summed E-state index contributed by atoms with van der Waals surface area (Å²) >= 11 is 0. The molecule has 0 fully saturated rings. The number of nitrogens with two attached hydrogens (primary N) is 2. The highest BCUT2D eigenvalue weighted by molar-refractivity contribution is 5.25. The molecule has 5 N–H and O–H groups in total. The molecule has 1 heterocycles. The third-order valence-corrected chi connectivity index (χ3v) is 1.61. The van der Waals surface area contributed by atoms with E-state index in [0.29, 0.717) is 18.9 Å². The van der Waals surface area contributed by atoms with Gasteiger partial charge >= 0.3 is 0 Å². The van der Waals surface area contributed by atoms with Crippen LogP contribution in [0.15, 0.2) is 0 Å². The van der Waals surface area contributed by atoms with Crippen LogP contribution in [0.4, 0.5) is 11.9 Å². The second-order valence-electron chi connectivity index (χ2n) is 2.93. The maximum atomic E-state index is 8.68. The van der Waals surface area contributed by atoms with Crippen LogP contribution >= 0.6 is 0 Å². The zero-order valence-corrected chi connectivity index (χ0v) is 8.01. The summed E-state index contributed by atoms with van der Waals surface area (Å²) in [6, 6.07) is 0. The molecule has 0 aromatic carbocycles. The Labute approximate surface area is 81.8 Å². The Bertz CT molecular complexity index is 284. The van der Waals surface area contributed by atoms with Crippen LogP contribution in [-0.2, 0) is 6.54 Å². The number of nitrogens with zero attached hydrogens (tertiary/aromatic N) is 4. The minimum Gasteiger partial charge on any atom is -0.395 e. The topological polar surface area (TPSA) is 114 Å². The van der Waals surface area contributed by atoms with E-state index in [1.807, 2.05) is 11.9 Å². The van der Waals surface area contributed by atoms with Gasteiger partial charge in [-0.1, -0.05) is 0 Å². The van der Waals surface area contributed by atoms with Gasteiger partial charge in [-0.3, -0.25) is 4.90 Å². The lowest BCUT2D eigenvalue weighted by Crippen LogP contribution is -2.23. The highest BCUT2D eigenvalue weighted by Crippen LogP contribution is 2.00. The highest BCUT2D eigenvalue weighted by Gasteiger charge is 2.04. The lowest BCUT2D eigenvalue weighted by atomic mass is 10.5. The molecule has 1 rings (SSSR count). The van der Waals surface area contributed by atoms with Crippen molar-refractivity contribution in [3.05, 3.63) is 5.82 Å². The fraction of sp³-hybridized carbons (Fsp3) is 0.571. The van der Waals surface area contributed by atoms with Crippen LogP contribution in [0, 0.1) is 0 Å². The average molecular weight is 198 g/mol. The summed E-state index contributed by atoms with van der Waals surface area (Å²) in [5, 5.41) is 8.68. The van der Waals surface area contributed by atoms with Gasteiger partial charge in [-0.25, -0.2) is 0 Å². The third-order valence-electron chi connectivity index (χ3n) is 1.61. The van der Waals surface area contributed by atoms with Crippen molar-refractivity contribution < 1.29 is 5.11 Å². The lowest BCUT2D eigenvalue weighted by molar-refractivity contribution is 0.214. The number of anilines is 2. The van der Waals surface area contributed by atoms with Crippen LogP contribution in [0.2, 0.25) is 0 Å². The van der Waals surface area contributed by atoms with Gasteiger partial charge in [-0.2, -0.15) is 15.0 Å². The Balaban J connectivity index is 2.66. The molecule has 78 valence electrons. The largest absolute Gasteiger partial charge is 0.395 e. The molecule has 0 aliphatic rings. The molecule has 0 spiro atoms. The summed E-state index contributed by atoms with van der Waals surface area (Å²) in [5.74, 6) is 0.737. The monoisotopic (exact) mass is 198 g/mol. The summed E-state index contributed by atoms with van der Waals surface area (Å²) < 4.78 is 0. The molecule has 0 unspecified atom stereocenters. The van der Waals surface area contributed by atoms with Gasteiger partial charge in [0.2, 0.25) is 11.9 Å². The molecule has 0 atom stereocenters. The van der Waals surface area contributed by atoms with E-state index >= 15 is 0 Å². The molecule has 0 amide bonds. The number of hydrogen-bond acceptors (Lipinski definition) is 7. The zero-order valence-electron chi connectivity index (χ0n) is 8.01. The van der Waals surface area contributed by atoms with Gasteiger partial charge in [0.1, 0.15) is 5.82 Å². The number of aliphatic hydroxyl groups is 1. The van der Waals surface area contributed by atoms with Crippen molar-refractivity contribution >= 4 is 11.9 Å². The molecule has 7 nitrogen and oxygen atoms in total. The van der Waals surface area contributed by atoms with E-state index in [4.69, 9.17) is 16.6 Å². The van der Waals surface area contributed by atoms with Crippen LogP contribution in [0.1, 0.15) is 5.82 Å². The van der Waals surface area contributed by atoms with E-state index in [9.17, 15) is 0 Å². The van der Waals surface area contributed by atoms with E-state index in [0.717, 1.165) is 0 Å². The van der Waals surface area contributed by atoms with Crippen molar-refractivity contribution in [2.75, 3.05) is 31.7 Å². The first kappa shape index (κ1) is 10.6. The maximum absolute atomic E-state index is 8.68. The van der Waals surface area contributed by atoms with Crippen molar-refractivity contribution in [1.29, 1.82) is 0 Å². The molecule has 0 saturated carbocycles. The quantitative estimate of drug-likeness (QED) is 0.537. The van der Waals surface area contributed by atoms with Gasteiger partial charge in [0.05, 0.1) is 13.2 Å². The third kappa shape index (κ3) is 3.11. The van der Waals surface area contributed by atoms with Crippen molar-refractivity contribution in [2.45, 2.75) is 6.54 Å². The van der Waals surface area contributed by atoms with Crippen LogP contribution in [0.5, 0.6) is 0 Å². The van der Waals surface area contributed by atoms with Crippen molar-refractivity contribution in [3.63, 3.8) is 0 Å². The molecule has 0 radical (unpaired) electrons. The van der Waals surface area contributed by atoms with Crippen LogP contribution in [0.25, 0.3) is 0 Å². The van der Waals surface area contributed by atoms with E-state index in [-0.39, 0.29) is 18.5 Å². The molecular formula is C7H14N6O. The van der Waals surface area contributed by atoms with Crippen molar-refractivity contribution in [3.8, 4) is 0 Å². The van der Waals surface area contributed by atoms with Gasteiger partial charge in [-0.15, -0.1) is 0 Å². The van der Waals surface area contributed by atoms with Gasteiger partial charge in [0.15, 0.2) is 0 Å². The number of likely N-dealkylation sites (N-methyl/N-ethyl adjacent to an activating group) is 1. The molecule has 0 bridgehead atoms. The molecule has 14 heavy (non-hydrogen) atoms. The maximum Gasteiger partial charge on any atom is 0.225 e. The Hall–Kier alpha value is -1.47. The van der Waals surface area contributed by atoms with Crippen LogP contribution < -0.4 is 11.5 Å². The fourth-order valence-electron chi connectivity index (χ4n) is 1.02. The number of aromatic nitrogens is 3. The summed E-state index contributed by atoms with van der Waals surface area (Å²) in [6.45, 7) is 1.12. The smallest absolute Gasteiger partial charge is 0.225 e. The number of aliphatic hydroxyl groups excluding tert-OH is 1. The first-order chi connectivity index (χ1) is 6.61. The molecule has 0 aliphatic carbocycles. The highest BCUT2D eigenvalue weighted by atomic mass is 16.3. The first-order valence-corrected chi connectivity index (χ1v) is 4.17. The fourth-order valence-corrected chi connectivity index (χ4v) is 1.02. The van der Waals surface area contributed by atoms with Crippen molar-refractivity contribution in [2.24, 2.45) is 0 Å². The lowest BCUT2D eigenvalue weighted by Gasteiger charge is -2.13. The Morgan fingerprint density at radius 2 is 1.79 bits per heavy atom. The Morgan fingerprint density at radius 1 is 1.21 bits per heavy atom. The van der Waals surface area contributed by atoms with E-state index in [2.05, 4.69) is 15.0 Å². The van der Waals surface area contributed by atoms with Gasteiger partial charge in [0, 0.05) is 6.54 Å². The molecule has 1 aromatic heterocycles. The summed E-state index contributed by atoms with van der Waals surface area (Å²) in [5.41, 5.74) is 10.8. The number of nitrogen functional groups attached to an aromatic ring is 2. The predicted molar refractivity (Wildman–Crippen MR) is 52.1 cm³/mol. The average Bonchev–Trinajstić information content (AvgIpc) is 2.01. The number of hydrogen-bond donors (Lipinski definition) is 3. The van der Waals surface area contributed by atoms with Crippen LogP contribution in [-0.4, -0.2) is 45.2 Å². The summed E-state index contributed by atoms with van der Waals surface area (Å²) in [4.78, 5) is 13.3. The second-order valence-corrected chi connectivity index (χ2v) is 2.93. The molecule has 0 aliphatic heterocycles. The molecule has 7 heteroatoms. The predicted octanol–water partition coefficient (Wildman–Crippen LogP) is -1.54. The Morgan fingerprint density at radius 3 is 2.29 bits per heavy atom. The zero-order chi connectivity index (χ0) is 10.6. The molecule has 0 saturated heterocycles. The number of rotatable bonds is 4. The summed E-state index contributed by atoms with van der Waals surface area (Å²) in [7, 11) is 1.84. The Kier molecular flexibility index (Phi) is 3.55. The normalized spacial score (nSPS) is 10.8. The van der Waals surface area contributed by atoms with Crippen LogP contribution in [0.3, 0.4) is 0 Å². The van der Waals surface area contributed by atoms with E-state index in [1.165, 1.54) is 0 Å². The molecule has 1 aromatic rings. The first-order valence-electron chi connectivity index (χ1n) is 4.17. The van der Waals surface area contributed by atoms with E-state index in [1.54, 1.807) is 0 Å². The van der Waals surface area contributed by atoms with Crippen molar-refractivity contribution in [1.82, 2.24) is 19.9 Å². The molecular weight excluding hydrogens is 184 g/mol. The second kappa shape index (κ2) is 4.68. The van der Waals surface area contributed by atoms with E-state index < -0.39 is 0 Å². The van der Waals surface area contributed by atoms with Gasteiger partial charge < -0.3 is 16.6 Å². The minimum atomic E-state index is 0.0898. The standard InChI is InChI=1S/C7H14N6O/c1-13(2-3-14)4-5-10-6(8)12-7(9)11-5/h14H,2-4H2,1H3,(H4,8,9,10,11,12). The summed E-state index contributed by atoms with van der Waals surface area (Å²) in [6.07, 6.45) is 0. The van der Waals surface area contributed by atoms with Gasteiger partial charge in [0.25, 0.3) is 0 Å². The SMILES string of the molecule is CN(CCO)Cc1nc(N)nc(N)n1.